The van der Waals surface area contributed by atoms with Crippen molar-refractivity contribution in [3.63, 3.8) is 0 Å². The van der Waals surface area contributed by atoms with Crippen molar-refractivity contribution in [3.8, 4) is 0 Å². The van der Waals surface area contributed by atoms with E-state index in [-0.39, 0.29) is 18.4 Å². The summed E-state index contributed by atoms with van der Waals surface area (Å²) in [5, 5.41) is 2.77. The maximum absolute atomic E-state index is 12.2. The molecule has 0 aliphatic carbocycles. The molecule has 1 aromatic rings. The van der Waals surface area contributed by atoms with Crippen molar-refractivity contribution in [3.05, 3.63) is 35.4 Å². The van der Waals surface area contributed by atoms with Gasteiger partial charge in [-0.25, -0.2) is 0 Å². The second-order valence-electron chi connectivity index (χ2n) is 4.62. The van der Waals surface area contributed by atoms with E-state index in [1.165, 1.54) is 0 Å². The van der Waals surface area contributed by atoms with Crippen LogP contribution in [-0.2, 0) is 16.0 Å². The fourth-order valence-electron chi connectivity index (χ4n) is 2.10. The zero-order valence-electron chi connectivity index (χ0n) is 10.6. The molecule has 4 heteroatoms. The third-order valence-corrected chi connectivity index (χ3v) is 3.22. The number of benzene rings is 1. The molecule has 0 spiro atoms. The van der Waals surface area contributed by atoms with E-state index in [0.29, 0.717) is 19.5 Å². The van der Waals surface area contributed by atoms with Crippen LogP contribution >= 0.6 is 0 Å². The fourth-order valence-corrected chi connectivity index (χ4v) is 2.10. The number of rotatable bonds is 2. The van der Waals surface area contributed by atoms with Crippen LogP contribution in [0.15, 0.2) is 24.3 Å². The van der Waals surface area contributed by atoms with Gasteiger partial charge in [0.25, 0.3) is 0 Å². The molecule has 18 heavy (non-hydrogen) atoms. The average Bonchev–Trinajstić information content (AvgIpc) is 2.57. The first-order chi connectivity index (χ1) is 8.66. The van der Waals surface area contributed by atoms with E-state index in [4.69, 9.17) is 0 Å². The second-order valence-corrected chi connectivity index (χ2v) is 4.62. The topological polar surface area (TPSA) is 49.4 Å². The average molecular weight is 246 g/mol. The summed E-state index contributed by atoms with van der Waals surface area (Å²) in [7, 11) is 0. The zero-order chi connectivity index (χ0) is 13.0. The van der Waals surface area contributed by atoms with E-state index in [1.807, 2.05) is 31.2 Å². The Morgan fingerprint density at radius 1 is 1.39 bits per heavy atom. The molecule has 96 valence electrons. The fraction of sp³-hybridized carbons (Fsp3) is 0.429. The first-order valence-corrected chi connectivity index (χ1v) is 6.26. The first kappa shape index (κ1) is 12.6. The van der Waals surface area contributed by atoms with Gasteiger partial charge in [-0.05, 0) is 24.5 Å². The van der Waals surface area contributed by atoms with E-state index >= 15 is 0 Å². The minimum Gasteiger partial charge on any atom is -0.354 e. The molecule has 0 aromatic heterocycles. The van der Waals surface area contributed by atoms with Crippen LogP contribution in [0.4, 0.5) is 0 Å². The summed E-state index contributed by atoms with van der Waals surface area (Å²) in [4.78, 5) is 25.2. The van der Waals surface area contributed by atoms with Gasteiger partial charge in [-0.1, -0.05) is 24.3 Å². The van der Waals surface area contributed by atoms with Crippen molar-refractivity contribution < 1.29 is 9.59 Å². The van der Waals surface area contributed by atoms with Crippen LogP contribution in [-0.4, -0.2) is 36.3 Å². The smallest absolute Gasteiger partial charge is 0.239 e. The lowest BCUT2D eigenvalue weighted by atomic mass is 10.1. The van der Waals surface area contributed by atoms with Crippen molar-refractivity contribution in [1.82, 2.24) is 10.2 Å². The van der Waals surface area contributed by atoms with Gasteiger partial charge in [0, 0.05) is 13.1 Å². The molecule has 1 aromatic carbocycles. The van der Waals surface area contributed by atoms with Crippen molar-refractivity contribution >= 4 is 11.8 Å². The Morgan fingerprint density at radius 3 is 2.94 bits per heavy atom. The van der Waals surface area contributed by atoms with Crippen LogP contribution in [0.3, 0.4) is 0 Å². The van der Waals surface area contributed by atoms with Gasteiger partial charge >= 0.3 is 0 Å². The highest BCUT2D eigenvalue weighted by Crippen LogP contribution is 2.10. The normalized spacial score (nSPS) is 16.1. The van der Waals surface area contributed by atoms with Gasteiger partial charge in [-0.15, -0.1) is 0 Å². The molecule has 2 rings (SSSR count). The van der Waals surface area contributed by atoms with Crippen molar-refractivity contribution in [2.24, 2.45) is 0 Å². The molecule has 0 atom stereocenters. The van der Waals surface area contributed by atoms with Gasteiger partial charge in [0.2, 0.25) is 11.8 Å². The maximum atomic E-state index is 12.2. The highest BCUT2D eigenvalue weighted by atomic mass is 16.2. The highest BCUT2D eigenvalue weighted by Gasteiger charge is 2.19. The summed E-state index contributed by atoms with van der Waals surface area (Å²) >= 11 is 0. The molecular weight excluding hydrogens is 228 g/mol. The van der Waals surface area contributed by atoms with Crippen molar-refractivity contribution in [1.29, 1.82) is 0 Å². The number of hydrogen-bond acceptors (Lipinski definition) is 2. The van der Waals surface area contributed by atoms with E-state index < -0.39 is 0 Å². The summed E-state index contributed by atoms with van der Waals surface area (Å²) in [5.74, 6) is -0.0352. The van der Waals surface area contributed by atoms with Gasteiger partial charge in [-0.3, -0.25) is 9.59 Å². The van der Waals surface area contributed by atoms with Gasteiger partial charge in [0.05, 0.1) is 13.0 Å². The predicted molar refractivity (Wildman–Crippen MR) is 69.1 cm³/mol. The monoisotopic (exact) mass is 246 g/mol. The lowest BCUT2D eigenvalue weighted by Gasteiger charge is -2.19. The first-order valence-electron chi connectivity index (χ1n) is 6.26. The SMILES string of the molecule is Cc1ccccc1CC(=O)N1CCCNC(=O)C1. The molecular formula is C14H18N2O2. The summed E-state index contributed by atoms with van der Waals surface area (Å²) < 4.78 is 0. The number of hydrogen-bond donors (Lipinski definition) is 1. The Labute approximate surface area is 107 Å². The quantitative estimate of drug-likeness (QED) is 0.842. The number of carbonyl (C=O) groups excluding carboxylic acids is 2. The van der Waals surface area contributed by atoms with Crippen molar-refractivity contribution in [2.75, 3.05) is 19.6 Å². The predicted octanol–water partition coefficient (Wildman–Crippen LogP) is 0.886. The summed E-state index contributed by atoms with van der Waals surface area (Å²) in [5.41, 5.74) is 2.15. The summed E-state index contributed by atoms with van der Waals surface area (Å²) in [6.45, 7) is 3.50. The molecule has 1 aliphatic rings. The van der Waals surface area contributed by atoms with Gasteiger partial charge in [0.15, 0.2) is 0 Å². The Bertz CT molecular complexity index is 457. The van der Waals surface area contributed by atoms with E-state index in [2.05, 4.69) is 5.32 Å². The third-order valence-electron chi connectivity index (χ3n) is 3.22. The largest absolute Gasteiger partial charge is 0.354 e. The van der Waals surface area contributed by atoms with Crippen LogP contribution in [0.1, 0.15) is 17.5 Å². The van der Waals surface area contributed by atoms with Gasteiger partial charge in [-0.2, -0.15) is 0 Å². The van der Waals surface area contributed by atoms with E-state index in [1.54, 1.807) is 4.90 Å². The second kappa shape index (κ2) is 5.67. The third kappa shape index (κ3) is 3.09. The van der Waals surface area contributed by atoms with Crippen LogP contribution in [0.5, 0.6) is 0 Å². The minimum absolute atomic E-state index is 0.0290. The van der Waals surface area contributed by atoms with E-state index in [9.17, 15) is 9.59 Å². The summed E-state index contributed by atoms with van der Waals surface area (Å²) in [6, 6.07) is 7.86. The molecule has 1 N–H and O–H groups in total. The Kier molecular flexibility index (Phi) is 3.97. The molecule has 1 heterocycles. The lowest BCUT2D eigenvalue weighted by molar-refractivity contribution is -0.134. The Balaban J connectivity index is 2.03. The molecule has 2 amide bonds. The van der Waals surface area contributed by atoms with Crippen molar-refractivity contribution in [2.45, 2.75) is 19.8 Å². The van der Waals surface area contributed by atoms with E-state index in [0.717, 1.165) is 17.5 Å². The molecule has 0 radical (unpaired) electrons. The zero-order valence-corrected chi connectivity index (χ0v) is 10.6. The number of nitrogens with zero attached hydrogens (tertiary/aromatic N) is 1. The number of aryl methyl sites for hydroxylation is 1. The van der Waals surface area contributed by atoms with Crippen LogP contribution in [0.25, 0.3) is 0 Å². The molecule has 0 saturated carbocycles. The lowest BCUT2D eigenvalue weighted by Crippen LogP contribution is -2.38. The maximum Gasteiger partial charge on any atom is 0.239 e. The standard InChI is InChI=1S/C14H18N2O2/c1-11-5-2-3-6-12(11)9-14(18)16-8-4-7-15-13(17)10-16/h2-3,5-6H,4,7-10H2,1H3,(H,15,17). The Morgan fingerprint density at radius 2 is 2.17 bits per heavy atom. The molecule has 1 aliphatic heterocycles. The number of nitrogens with one attached hydrogen (secondary N) is 1. The minimum atomic E-state index is -0.0642. The van der Waals surface area contributed by atoms with Gasteiger partial charge in [0.1, 0.15) is 0 Å². The number of carbonyl (C=O) groups is 2. The highest BCUT2D eigenvalue weighted by molar-refractivity contribution is 5.86. The molecule has 1 saturated heterocycles. The molecule has 0 bridgehead atoms. The summed E-state index contributed by atoms with van der Waals surface area (Å²) in [6.07, 6.45) is 1.20. The van der Waals surface area contributed by atoms with Gasteiger partial charge < -0.3 is 10.2 Å². The molecule has 1 fully saturated rings. The van der Waals surface area contributed by atoms with Crippen LogP contribution in [0, 0.1) is 6.92 Å². The molecule has 0 unspecified atom stereocenters. The number of amides is 2. The molecule has 4 nitrogen and oxygen atoms in total. The Hall–Kier alpha value is -1.84. The van der Waals surface area contributed by atoms with Crippen LogP contribution in [0.2, 0.25) is 0 Å². The van der Waals surface area contributed by atoms with Crippen LogP contribution < -0.4 is 5.32 Å².